The molecule has 0 spiro atoms. The Morgan fingerprint density at radius 3 is 3.00 bits per heavy atom. The van der Waals surface area contributed by atoms with E-state index in [0.29, 0.717) is 16.9 Å². The molecule has 0 radical (unpaired) electrons. The predicted octanol–water partition coefficient (Wildman–Crippen LogP) is 1.80. The van der Waals surface area contributed by atoms with Gasteiger partial charge >= 0.3 is 0 Å². The first-order chi connectivity index (χ1) is 12.0. The fourth-order valence-electron chi connectivity index (χ4n) is 2.32. The zero-order valence-corrected chi connectivity index (χ0v) is 12.9. The second-order valence-corrected chi connectivity index (χ2v) is 5.13. The van der Waals surface area contributed by atoms with Gasteiger partial charge in [-0.3, -0.25) is 19.7 Å². The summed E-state index contributed by atoms with van der Waals surface area (Å²) in [4.78, 5) is 36.5. The fourth-order valence-corrected chi connectivity index (χ4v) is 2.32. The van der Waals surface area contributed by atoms with Gasteiger partial charge in [0.05, 0.1) is 11.5 Å². The van der Waals surface area contributed by atoms with Crippen LogP contribution < -0.4 is 15.6 Å². The van der Waals surface area contributed by atoms with E-state index in [4.69, 9.17) is 9.47 Å². The Bertz CT molecular complexity index is 918. The zero-order valence-electron chi connectivity index (χ0n) is 12.9. The SMILES string of the molecule is O=C(/C=C/c1cc([N+](=O)[O-])cc2c1OCOC2)Nc1ccc[nH]c1=O. The highest BCUT2D eigenvalue weighted by atomic mass is 16.7. The van der Waals surface area contributed by atoms with Crippen LogP contribution in [0.15, 0.2) is 41.3 Å². The number of fused-ring (bicyclic) bond motifs is 1. The number of nitrogens with zero attached hydrogens (tertiary/aromatic N) is 1. The Kier molecular flexibility index (Phi) is 4.57. The Morgan fingerprint density at radius 1 is 1.40 bits per heavy atom. The van der Waals surface area contributed by atoms with Crippen molar-refractivity contribution in [1.82, 2.24) is 4.98 Å². The van der Waals surface area contributed by atoms with Crippen molar-refractivity contribution in [3.05, 3.63) is 68.1 Å². The number of pyridine rings is 1. The van der Waals surface area contributed by atoms with Gasteiger partial charge in [-0.05, 0) is 18.2 Å². The number of non-ortho nitro benzene ring substituents is 1. The summed E-state index contributed by atoms with van der Waals surface area (Å²) in [5.41, 5.74) is 0.442. The van der Waals surface area contributed by atoms with E-state index in [1.54, 1.807) is 6.07 Å². The number of rotatable bonds is 4. The first-order valence-corrected chi connectivity index (χ1v) is 7.23. The summed E-state index contributed by atoms with van der Waals surface area (Å²) >= 11 is 0. The van der Waals surface area contributed by atoms with Crippen molar-refractivity contribution in [2.45, 2.75) is 6.61 Å². The molecule has 128 valence electrons. The van der Waals surface area contributed by atoms with E-state index in [0.717, 1.165) is 0 Å². The number of anilines is 1. The molecule has 0 aliphatic carbocycles. The Morgan fingerprint density at radius 2 is 2.24 bits per heavy atom. The summed E-state index contributed by atoms with van der Waals surface area (Å²) in [6, 6.07) is 5.71. The number of ether oxygens (including phenoxy) is 2. The van der Waals surface area contributed by atoms with Crippen molar-refractivity contribution in [2.24, 2.45) is 0 Å². The number of nitro groups is 1. The van der Waals surface area contributed by atoms with Gasteiger partial charge in [0.25, 0.3) is 11.2 Å². The molecule has 1 aliphatic heterocycles. The molecule has 0 unspecified atom stereocenters. The molecule has 0 saturated heterocycles. The maximum Gasteiger partial charge on any atom is 0.271 e. The molecular weight excluding hydrogens is 330 g/mol. The molecule has 2 N–H and O–H groups in total. The number of carbonyl (C=O) groups excluding carboxylic acids is 1. The van der Waals surface area contributed by atoms with Crippen LogP contribution in [0.2, 0.25) is 0 Å². The molecule has 1 aliphatic rings. The smallest absolute Gasteiger partial charge is 0.271 e. The second kappa shape index (κ2) is 6.97. The van der Waals surface area contributed by atoms with E-state index in [1.807, 2.05) is 0 Å². The number of H-pyrrole nitrogens is 1. The van der Waals surface area contributed by atoms with E-state index in [9.17, 15) is 19.7 Å². The maximum absolute atomic E-state index is 12.0. The van der Waals surface area contributed by atoms with Crippen molar-refractivity contribution in [3.8, 4) is 5.75 Å². The number of hydrogen-bond donors (Lipinski definition) is 2. The molecule has 9 nitrogen and oxygen atoms in total. The fraction of sp³-hybridized carbons (Fsp3) is 0.125. The Balaban J connectivity index is 1.86. The molecule has 0 atom stereocenters. The normalized spacial score (nSPS) is 13.1. The third-order valence-corrected chi connectivity index (χ3v) is 3.42. The van der Waals surface area contributed by atoms with Gasteiger partial charge in [-0.25, -0.2) is 0 Å². The summed E-state index contributed by atoms with van der Waals surface area (Å²) in [6.07, 6.45) is 4.01. The van der Waals surface area contributed by atoms with Gasteiger partial charge in [-0.15, -0.1) is 0 Å². The average Bonchev–Trinajstić information content (AvgIpc) is 2.61. The second-order valence-electron chi connectivity index (χ2n) is 5.13. The minimum Gasteiger partial charge on any atom is -0.467 e. The minimum absolute atomic E-state index is 0.0250. The summed E-state index contributed by atoms with van der Waals surface area (Å²) in [7, 11) is 0. The third-order valence-electron chi connectivity index (χ3n) is 3.42. The molecule has 2 aromatic rings. The third kappa shape index (κ3) is 3.72. The van der Waals surface area contributed by atoms with Crippen LogP contribution in [0.5, 0.6) is 5.75 Å². The number of amides is 1. The van der Waals surface area contributed by atoms with Gasteiger partial charge in [-0.2, -0.15) is 0 Å². The topological polar surface area (TPSA) is 124 Å². The van der Waals surface area contributed by atoms with Gasteiger partial charge in [0.15, 0.2) is 6.79 Å². The average molecular weight is 343 g/mol. The van der Waals surface area contributed by atoms with E-state index < -0.39 is 16.4 Å². The molecule has 0 saturated carbocycles. The number of carbonyl (C=O) groups is 1. The van der Waals surface area contributed by atoms with Crippen molar-refractivity contribution in [2.75, 3.05) is 12.1 Å². The molecular formula is C16H13N3O6. The lowest BCUT2D eigenvalue weighted by Gasteiger charge is -2.19. The summed E-state index contributed by atoms with van der Waals surface area (Å²) in [6.45, 7) is 0.209. The summed E-state index contributed by atoms with van der Waals surface area (Å²) < 4.78 is 10.5. The van der Waals surface area contributed by atoms with Gasteiger partial charge in [-0.1, -0.05) is 0 Å². The number of nitro benzene ring substituents is 1. The molecule has 1 aromatic carbocycles. The van der Waals surface area contributed by atoms with Gasteiger partial charge < -0.3 is 19.8 Å². The molecule has 2 heterocycles. The number of aromatic nitrogens is 1. The highest BCUT2D eigenvalue weighted by Crippen LogP contribution is 2.33. The van der Waals surface area contributed by atoms with Crippen LogP contribution in [-0.4, -0.2) is 22.6 Å². The van der Waals surface area contributed by atoms with Crippen LogP contribution in [0.25, 0.3) is 6.08 Å². The molecule has 9 heteroatoms. The number of aromatic amines is 1. The standard InChI is InChI=1S/C16H13N3O6/c20-14(18-13-2-1-5-17-16(13)21)4-3-10-6-12(19(22)23)7-11-8-24-9-25-15(10)11/h1-7H,8-9H2,(H,17,21)(H,18,20)/b4-3+. The predicted molar refractivity (Wildman–Crippen MR) is 88.1 cm³/mol. The molecule has 1 aromatic heterocycles. The van der Waals surface area contributed by atoms with E-state index in [-0.39, 0.29) is 24.8 Å². The van der Waals surface area contributed by atoms with Crippen molar-refractivity contribution >= 4 is 23.4 Å². The lowest BCUT2D eigenvalue weighted by molar-refractivity contribution is -0.385. The Hall–Kier alpha value is -3.46. The quantitative estimate of drug-likeness (QED) is 0.496. The van der Waals surface area contributed by atoms with Crippen molar-refractivity contribution in [1.29, 1.82) is 0 Å². The lowest BCUT2D eigenvalue weighted by Crippen LogP contribution is -2.17. The largest absolute Gasteiger partial charge is 0.467 e. The van der Waals surface area contributed by atoms with Gasteiger partial charge in [0, 0.05) is 35.5 Å². The van der Waals surface area contributed by atoms with Gasteiger partial charge in [0.2, 0.25) is 5.91 Å². The van der Waals surface area contributed by atoms with Crippen LogP contribution in [0, 0.1) is 10.1 Å². The van der Waals surface area contributed by atoms with Crippen LogP contribution in [-0.2, 0) is 16.1 Å². The first-order valence-electron chi connectivity index (χ1n) is 7.23. The molecule has 0 fully saturated rings. The first kappa shape index (κ1) is 16.4. The van der Waals surface area contributed by atoms with Crippen LogP contribution >= 0.6 is 0 Å². The number of hydrogen-bond acceptors (Lipinski definition) is 6. The molecule has 25 heavy (non-hydrogen) atoms. The molecule has 1 amide bonds. The van der Waals surface area contributed by atoms with Crippen molar-refractivity contribution in [3.63, 3.8) is 0 Å². The van der Waals surface area contributed by atoms with Gasteiger partial charge in [0.1, 0.15) is 11.4 Å². The highest BCUT2D eigenvalue weighted by Gasteiger charge is 2.19. The van der Waals surface area contributed by atoms with Crippen molar-refractivity contribution < 1.29 is 19.2 Å². The van der Waals surface area contributed by atoms with E-state index in [1.165, 1.54) is 36.5 Å². The zero-order chi connectivity index (χ0) is 17.8. The minimum atomic E-state index is -0.552. The molecule has 3 rings (SSSR count). The van der Waals surface area contributed by atoms with E-state index >= 15 is 0 Å². The van der Waals surface area contributed by atoms with Crippen LogP contribution in [0.1, 0.15) is 11.1 Å². The number of benzene rings is 1. The summed E-state index contributed by atoms with van der Waals surface area (Å²) in [5.74, 6) is -0.123. The van der Waals surface area contributed by atoms with Crippen LogP contribution in [0.4, 0.5) is 11.4 Å². The summed E-state index contributed by atoms with van der Waals surface area (Å²) in [5, 5.41) is 13.5. The monoisotopic (exact) mass is 343 g/mol. The lowest BCUT2D eigenvalue weighted by atomic mass is 10.1. The van der Waals surface area contributed by atoms with Crippen LogP contribution in [0.3, 0.4) is 0 Å². The van der Waals surface area contributed by atoms with E-state index in [2.05, 4.69) is 10.3 Å². The molecule has 0 bridgehead atoms. The highest BCUT2D eigenvalue weighted by molar-refractivity contribution is 6.02. The number of nitrogens with one attached hydrogen (secondary N) is 2. The Labute approximate surface area is 141 Å². The maximum atomic E-state index is 12.0.